The number of nitrogens with two attached hydrogens (primary N) is 2. The maximum atomic E-state index is 12.3. The van der Waals surface area contributed by atoms with E-state index < -0.39 is 11.0 Å². The molecule has 9 heteroatoms. The molecule has 0 amide bonds. The first kappa shape index (κ1) is 21.3. The topological polar surface area (TPSA) is 150 Å². The zero-order chi connectivity index (χ0) is 20.5. The molecule has 6 N–H and O–H groups in total. The fourth-order valence-corrected chi connectivity index (χ4v) is 3.40. The van der Waals surface area contributed by atoms with Gasteiger partial charge in [-0.3, -0.25) is 4.79 Å². The summed E-state index contributed by atoms with van der Waals surface area (Å²) in [7, 11) is -1.54. The molecule has 0 spiro atoms. The number of aromatic amines is 1. The molecule has 8 nitrogen and oxygen atoms in total. The van der Waals surface area contributed by atoms with E-state index in [2.05, 4.69) is 15.3 Å². The van der Waals surface area contributed by atoms with Crippen LogP contribution < -0.4 is 21.7 Å². The number of pyridine rings is 1. The number of benzene rings is 1. The molecule has 28 heavy (non-hydrogen) atoms. The van der Waals surface area contributed by atoms with Gasteiger partial charge in [-0.2, -0.15) is 5.26 Å². The summed E-state index contributed by atoms with van der Waals surface area (Å²) < 4.78 is 11.2. The third-order valence-electron chi connectivity index (χ3n) is 4.25. The summed E-state index contributed by atoms with van der Waals surface area (Å²) in [4.78, 5) is 19.7. The fraction of sp³-hybridized carbons (Fsp3) is 0.316. The maximum absolute atomic E-state index is 12.3. The van der Waals surface area contributed by atoms with Gasteiger partial charge in [-0.1, -0.05) is 12.8 Å². The lowest BCUT2D eigenvalue weighted by Gasteiger charge is -2.16. The van der Waals surface area contributed by atoms with Gasteiger partial charge in [0.05, 0.1) is 22.3 Å². The van der Waals surface area contributed by atoms with Crippen LogP contribution in [0.25, 0.3) is 0 Å². The van der Waals surface area contributed by atoms with Gasteiger partial charge in [-0.15, -0.1) is 0 Å². The van der Waals surface area contributed by atoms with Gasteiger partial charge in [0.2, 0.25) is 0 Å². The van der Waals surface area contributed by atoms with E-state index in [0.29, 0.717) is 27.9 Å². The summed E-state index contributed by atoms with van der Waals surface area (Å²) in [6, 6.07) is 10.5. The van der Waals surface area contributed by atoms with Crippen molar-refractivity contribution in [1.82, 2.24) is 4.98 Å². The van der Waals surface area contributed by atoms with Crippen LogP contribution in [-0.2, 0) is 11.0 Å². The Kier molecular flexibility index (Phi) is 7.92. The number of aliphatic imine (C=N–C) groups is 1. The summed E-state index contributed by atoms with van der Waals surface area (Å²) in [6.45, 7) is 1.43. The van der Waals surface area contributed by atoms with E-state index in [-0.39, 0.29) is 11.4 Å². The second-order valence-electron chi connectivity index (χ2n) is 6.23. The molecule has 1 heterocycles. The van der Waals surface area contributed by atoms with E-state index in [1.165, 1.54) is 19.8 Å². The van der Waals surface area contributed by atoms with Crippen LogP contribution in [0.5, 0.6) is 0 Å². The maximum Gasteiger partial charge on any atom is 0.261 e. The predicted molar refractivity (Wildman–Crippen MR) is 112 cm³/mol. The number of aromatic nitrogens is 1. The van der Waals surface area contributed by atoms with Gasteiger partial charge < -0.3 is 16.0 Å². The number of nitrogens with zero attached hydrogens (tertiary/aromatic N) is 2. The summed E-state index contributed by atoms with van der Waals surface area (Å²) in [5.74, 6) is 0.129. The lowest BCUT2D eigenvalue weighted by atomic mass is 10.1. The zero-order valence-electron chi connectivity index (χ0n) is 15.6. The van der Waals surface area contributed by atoms with Crippen molar-refractivity contribution in [2.45, 2.75) is 43.5 Å². The van der Waals surface area contributed by atoms with Crippen molar-refractivity contribution < 1.29 is 4.21 Å². The van der Waals surface area contributed by atoms with Crippen LogP contribution in [0.3, 0.4) is 0 Å². The Morgan fingerprint density at radius 1 is 1.29 bits per heavy atom. The highest BCUT2D eigenvalue weighted by atomic mass is 32.2. The number of rotatable bonds is 5. The minimum atomic E-state index is -1.54. The molecular weight excluding hydrogens is 376 g/mol. The first-order valence-corrected chi connectivity index (χ1v) is 10.1. The molecule has 1 fully saturated rings. The third-order valence-corrected chi connectivity index (χ3v) is 4.99. The monoisotopic (exact) mass is 400 g/mol. The Hall–Kier alpha value is -2.96. The van der Waals surface area contributed by atoms with E-state index in [4.69, 9.17) is 16.1 Å². The first-order valence-electron chi connectivity index (χ1n) is 8.86. The molecule has 1 aromatic carbocycles. The van der Waals surface area contributed by atoms with Gasteiger partial charge >= 0.3 is 0 Å². The Morgan fingerprint density at radius 2 is 1.89 bits per heavy atom. The fourth-order valence-electron chi connectivity index (χ4n) is 2.99. The Morgan fingerprint density at radius 3 is 2.46 bits per heavy atom. The first-order chi connectivity index (χ1) is 13.5. The van der Waals surface area contributed by atoms with Crippen LogP contribution in [0.1, 0.15) is 38.2 Å². The molecule has 1 aliphatic carbocycles. The van der Waals surface area contributed by atoms with Crippen molar-refractivity contribution in [2.24, 2.45) is 15.9 Å². The number of nitrogens with one attached hydrogen (secondary N) is 2. The van der Waals surface area contributed by atoms with Crippen LogP contribution in [-0.4, -0.2) is 21.1 Å². The average Bonchev–Trinajstić information content (AvgIpc) is 3.16. The van der Waals surface area contributed by atoms with Crippen molar-refractivity contribution in [3.8, 4) is 6.07 Å². The molecule has 0 radical (unpaired) electrons. The molecular formula is C19H24N6O2S. The third kappa shape index (κ3) is 5.77. The van der Waals surface area contributed by atoms with Gasteiger partial charge in [-0.25, -0.2) is 14.3 Å². The quantitative estimate of drug-likeness (QED) is 0.448. The minimum Gasteiger partial charge on any atom is -0.383 e. The van der Waals surface area contributed by atoms with Gasteiger partial charge in [0.15, 0.2) is 0 Å². The van der Waals surface area contributed by atoms with Gasteiger partial charge in [-0.05, 0) is 43.2 Å². The SMILES string of the molecule is CC#N.NC(=Nc1ccc(S(N)=O)cc1)c1c(NC2CCCC2)cc[nH]c1=O. The molecule has 1 saturated carbocycles. The second kappa shape index (κ2) is 10.4. The normalized spacial score (nSPS) is 15.2. The van der Waals surface area contributed by atoms with Gasteiger partial charge in [0.1, 0.15) is 22.4 Å². The highest BCUT2D eigenvalue weighted by molar-refractivity contribution is 7.82. The number of amidine groups is 1. The van der Waals surface area contributed by atoms with Crippen LogP contribution >= 0.6 is 0 Å². The minimum absolute atomic E-state index is 0.129. The standard InChI is InChI=1S/C17H21N5O2S.C2H3N/c18-16(22-12-5-7-13(8-6-12)25(19)24)15-14(9-10-20-17(15)23)21-11-3-1-2-4-11;1-2-3/h5-11H,1-4,19H2,(H2,18,22)(H2,20,21,23);1H3. The summed E-state index contributed by atoms with van der Waals surface area (Å²) >= 11 is 0. The van der Waals surface area contributed by atoms with Crippen LogP contribution in [0.4, 0.5) is 11.4 Å². The number of H-pyrrole nitrogens is 1. The highest BCUT2D eigenvalue weighted by Crippen LogP contribution is 2.23. The molecule has 1 aromatic heterocycles. The van der Waals surface area contributed by atoms with E-state index >= 15 is 0 Å². The zero-order valence-corrected chi connectivity index (χ0v) is 16.5. The van der Waals surface area contributed by atoms with Crippen molar-refractivity contribution in [1.29, 1.82) is 5.26 Å². The average molecular weight is 401 g/mol. The van der Waals surface area contributed by atoms with Crippen LogP contribution in [0, 0.1) is 11.3 Å². The van der Waals surface area contributed by atoms with Crippen molar-refractivity contribution in [2.75, 3.05) is 5.32 Å². The van der Waals surface area contributed by atoms with E-state index in [1.807, 2.05) is 0 Å². The lowest BCUT2D eigenvalue weighted by molar-refractivity contribution is 0.684. The lowest BCUT2D eigenvalue weighted by Crippen LogP contribution is -2.28. The van der Waals surface area contributed by atoms with Crippen LogP contribution in [0.2, 0.25) is 0 Å². The molecule has 0 saturated heterocycles. The summed E-state index contributed by atoms with van der Waals surface area (Å²) in [5, 5.41) is 16.1. The molecule has 2 aromatic rings. The smallest absolute Gasteiger partial charge is 0.261 e. The largest absolute Gasteiger partial charge is 0.383 e. The number of hydrogen-bond donors (Lipinski definition) is 4. The highest BCUT2D eigenvalue weighted by Gasteiger charge is 2.18. The second-order valence-corrected chi connectivity index (χ2v) is 7.30. The van der Waals surface area contributed by atoms with Gasteiger partial charge in [0.25, 0.3) is 5.56 Å². The predicted octanol–water partition coefficient (Wildman–Crippen LogP) is 2.28. The Labute approximate surface area is 166 Å². The Balaban J connectivity index is 0.000000878. The van der Waals surface area contributed by atoms with E-state index in [1.54, 1.807) is 42.6 Å². The van der Waals surface area contributed by atoms with Crippen molar-refractivity contribution in [3.63, 3.8) is 0 Å². The molecule has 148 valence electrons. The Bertz CT molecular complexity index is 940. The molecule has 0 aliphatic heterocycles. The van der Waals surface area contributed by atoms with Crippen LogP contribution in [0.15, 0.2) is 51.2 Å². The number of anilines is 1. The molecule has 3 rings (SSSR count). The van der Waals surface area contributed by atoms with Crippen molar-refractivity contribution in [3.05, 3.63) is 52.4 Å². The molecule has 0 bridgehead atoms. The molecule has 1 atom stereocenters. The van der Waals surface area contributed by atoms with E-state index in [0.717, 1.165) is 12.8 Å². The van der Waals surface area contributed by atoms with Crippen molar-refractivity contribution >= 4 is 28.2 Å². The molecule has 1 aliphatic rings. The molecule has 1 unspecified atom stereocenters. The number of hydrogen-bond acceptors (Lipinski definition) is 5. The summed E-state index contributed by atoms with van der Waals surface area (Å²) in [5.41, 5.74) is 7.40. The summed E-state index contributed by atoms with van der Waals surface area (Å²) in [6.07, 6.45) is 6.15. The van der Waals surface area contributed by atoms with E-state index in [9.17, 15) is 9.00 Å². The van der Waals surface area contributed by atoms with Gasteiger partial charge in [0, 0.05) is 19.2 Å². The number of nitriles is 1.